The van der Waals surface area contributed by atoms with Gasteiger partial charge in [0.25, 0.3) is 5.91 Å². The summed E-state index contributed by atoms with van der Waals surface area (Å²) in [4.78, 5) is 40.8. The third-order valence-electron chi connectivity index (χ3n) is 3.53. The maximum Gasteiger partial charge on any atom is 0.349 e. The van der Waals surface area contributed by atoms with E-state index in [1.807, 2.05) is 0 Å². The highest BCUT2D eigenvalue weighted by atomic mass is 35.5. The van der Waals surface area contributed by atoms with E-state index in [-0.39, 0.29) is 26.5 Å². The number of benzene rings is 1. The van der Waals surface area contributed by atoms with E-state index in [1.54, 1.807) is 13.8 Å². The molecule has 0 aliphatic carbocycles. The van der Waals surface area contributed by atoms with E-state index in [4.69, 9.17) is 23.2 Å². The lowest BCUT2D eigenvalue weighted by atomic mass is 10.0. The van der Waals surface area contributed by atoms with Crippen LogP contribution in [-0.4, -0.2) is 35.9 Å². The number of anilines is 1. The van der Waals surface area contributed by atoms with Gasteiger partial charge in [0, 0.05) is 5.02 Å². The summed E-state index contributed by atoms with van der Waals surface area (Å²) in [5, 5.41) is 6.07. The Morgan fingerprint density at radius 3 is 2.52 bits per heavy atom. The second-order valence-electron chi connectivity index (χ2n) is 5.83. The molecule has 2 rings (SSSR count). The molecular formula is C17H17Cl2N3O4S. The van der Waals surface area contributed by atoms with Gasteiger partial charge in [0.15, 0.2) is 5.13 Å². The predicted molar refractivity (Wildman–Crippen MR) is 105 cm³/mol. The van der Waals surface area contributed by atoms with Gasteiger partial charge in [0.2, 0.25) is 5.91 Å². The number of rotatable bonds is 6. The number of carbonyl (C=O) groups is 3. The van der Waals surface area contributed by atoms with Crippen LogP contribution >= 0.6 is 34.5 Å². The lowest BCUT2D eigenvalue weighted by molar-refractivity contribution is -0.118. The molecule has 2 amide bonds. The molecule has 1 unspecified atom stereocenters. The van der Waals surface area contributed by atoms with Crippen molar-refractivity contribution in [2.45, 2.75) is 19.9 Å². The van der Waals surface area contributed by atoms with Gasteiger partial charge in [-0.25, -0.2) is 9.78 Å². The minimum absolute atomic E-state index is 0.186. The summed E-state index contributed by atoms with van der Waals surface area (Å²) < 4.78 is 4.60. The minimum Gasteiger partial charge on any atom is -0.465 e. The number of aromatic nitrogens is 1. The molecule has 0 saturated heterocycles. The first-order valence-corrected chi connectivity index (χ1v) is 9.41. The second kappa shape index (κ2) is 9.16. The monoisotopic (exact) mass is 429 g/mol. The van der Waals surface area contributed by atoms with Crippen molar-refractivity contribution in [2.75, 3.05) is 12.4 Å². The normalized spacial score (nSPS) is 11.8. The first kappa shape index (κ1) is 21.1. The number of thiazole rings is 1. The number of nitrogens with zero attached hydrogens (tertiary/aromatic N) is 1. The number of esters is 1. The Morgan fingerprint density at radius 1 is 1.22 bits per heavy atom. The Labute approximate surface area is 170 Å². The van der Waals surface area contributed by atoms with Crippen LogP contribution in [-0.2, 0) is 9.53 Å². The summed E-state index contributed by atoms with van der Waals surface area (Å²) in [7, 11) is 1.26. The topological polar surface area (TPSA) is 97.4 Å². The van der Waals surface area contributed by atoms with E-state index in [0.29, 0.717) is 5.02 Å². The Bertz CT molecular complexity index is 870. The van der Waals surface area contributed by atoms with E-state index in [1.165, 1.54) is 31.5 Å². The molecule has 0 aliphatic rings. The fourth-order valence-corrected chi connectivity index (χ4v) is 3.37. The largest absolute Gasteiger partial charge is 0.465 e. The van der Waals surface area contributed by atoms with Crippen LogP contribution in [0.4, 0.5) is 5.13 Å². The summed E-state index contributed by atoms with van der Waals surface area (Å²) in [5.41, 5.74) is 0.210. The zero-order chi connectivity index (χ0) is 20.1. The minimum atomic E-state index is -0.838. The average molecular weight is 430 g/mol. The lowest BCUT2D eigenvalue weighted by Gasteiger charge is -2.21. The van der Waals surface area contributed by atoms with Gasteiger partial charge in [-0.2, -0.15) is 0 Å². The molecule has 2 aromatic rings. The molecule has 0 radical (unpaired) electrons. The highest BCUT2D eigenvalue weighted by molar-refractivity contribution is 7.17. The molecule has 10 heteroatoms. The van der Waals surface area contributed by atoms with E-state index in [0.717, 1.165) is 11.3 Å². The number of hydrogen-bond acceptors (Lipinski definition) is 6. The number of ether oxygens (including phenoxy) is 1. The van der Waals surface area contributed by atoms with Crippen molar-refractivity contribution in [3.63, 3.8) is 0 Å². The molecule has 1 aromatic heterocycles. The summed E-state index contributed by atoms with van der Waals surface area (Å²) in [6.45, 7) is 3.57. The molecule has 27 heavy (non-hydrogen) atoms. The van der Waals surface area contributed by atoms with Crippen molar-refractivity contribution in [1.29, 1.82) is 0 Å². The van der Waals surface area contributed by atoms with Crippen LogP contribution in [0.25, 0.3) is 0 Å². The van der Waals surface area contributed by atoms with Gasteiger partial charge < -0.3 is 15.4 Å². The van der Waals surface area contributed by atoms with Crippen molar-refractivity contribution in [3.8, 4) is 0 Å². The quantitative estimate of drug-likeness (QED) is 0.683. The number of hydrogen-bond donors (Lipinski definition) is 2. The van der Waals surface area contributed by atoms with Crippen molar-refractivity contribution >= 4 is 57.5 Å². The lowest BCUT2D eigenvalue weighted by Crippen LogP contribution is -2.47. The zero-order valence-corrected chi connectivity index (χ0v) is 17.0. The third-order valence-corrected chi connectivity index (χ3v) is 4.97. The van der Waals surface area contributed by atoms with Crippen LogP contribution in [0.1, 0.15) is 33.9 Å². The van der Waals surface area contributed by atoms with Crippen molar-refractivity contribution in [1.82, 2.24) is 10.3 Å². The maximum absolute atomic E-state index is 12.6. The van der Waals surface area contributed by atoms with Crippen LogP contribution in [0.15, 0.2) is 24.4 Å². The molecule has 1 atom stereocenters. The van der Waals surface area contributed by atoms with Crippen LogP contribution in [0, 0.1) is 5.92 Å². The molecule has 0 fully saturated rings. The number of halogens is 2. The highest BCUT2D eigenvalue weighted by Gasteiger charge is 2.26. The highest BCUT2D eigenvalue weighted by Crippen LogP contribution is 2.22. The van der Waals surface area contributed by atoms with Crippen molar-refractivity contribution in [3.05, 3.63) is 44.9 Å². The molecule has 1 heterocycles. The molecular weight excluding hydrogens is 413 g/mol. The van der Waals surface area contributed by atoms with Crippen LogP contribution in [0.3, 0.4) is 0 Å². The molecule has 0 aliphatic heterocycles. The Kier molecular flexibility index (Phi) is 7.18. The summed E-state index contributed by atoms with van der Waals surface area (Å²) in [6, 6.07) is 3.64. The van der Waals surface area contributed by atoms with Gasteiger partial charge >= 0.3 is 5.97 Å². The molecule has 0 spiro atoms. The molecule has 144 valence electrons. The van der Waals surface area contributed by atoms with Gasteiger partial charge in [-0.15, -0.1) is 0 Å². The summed E-state index contributed by atoms with van der Waals surface area (Å²) in [5.74, 6) is -1.71. The van der Waals surface area contributed by atoms with Crippen LogP contribution in [0.5, 0.6) is 0 Å². The van der Waals surface area contributed by atoms with Gasteiger partial charge in [-0.1, -0.05) is 48.4 Å². The van der Waals surface area contributed by atoms with Gasteiger partial charge in [-0.05, 0) is 24.1 Å². The summed E-state index contributed by atoms with van der Waals surface area (Å²) >= 11 is 12.9. The van der Waals surface area contributed by atoms with E-state index < -0.39 is 23.8 Å². The van der Waals surface area contributed by atoms with Crippen molar-refractivity contribution in [2.24, 2.45) is 5.92 Å². The molecule has 0 saturated carbocycles. The fraction of sp³-hybridized carbons (Fsp3) is 0.294. The van der Waals surface area contributed by atoms with Gasteiger partial charge in [-0.3, -0.25) is 9.59 Å². The van der Waals surface area contributed by atoms with Crippen molar-refractivity contribution < 1.29 is 19.1 Å². The zero-order valence-electron chi connectivity index (χ0n) is 14.7. The first-order valence-electron chi connectivity index (χ1n) is 7.83. The maximum atomic E-state index is 12.6. The SMILES string of the molecule is COC(=O)c1cnc(NC(=O)C(NC(=O)c2ccc(Cl)cc2Cl)C(C)C)s1. The Hall–Kier alpha value is -2.16. The summed E-state index contributed by atoms with van der Waals surface area (Å²) in [6.07, 6.45) is 1.31. The van der Waals surface area contributed by atoms with Crippen LogP contribution in [0.2, 0.25) is 10.0 Å². The molecule has 2 N–H and O–H groups in total. The predicted octanol–water partition coefficient (Wildman–Crippen LogP) is 3.63. The first-order chi connectivity index (χ1) is 12.7. The van der Waals surface area contributed by atoms with E-state index in [2.05, 4.69) is 20.4 Å². The van der Waals surface area contributed by atoms with E-state index >= 15 is 0 Å². The Balaban J connectivity index is 2.11. The number of amides is 2. The van der Waals surface area contributed by atoms with E-state index in [9.17, 15) is 14.4 Å². The number of methoxy groups -OCH3 is 1. The smallest absolute Gasteiger partial charge is 0.349 e. The fourth-order valence-electron chi connectivity index (χ4n) is 2.14. The van der Waals surface area contributed by atoms with Crippen LogP contribution < -0.4 is 10.6 Å². The second-order valence-corrected chi connectivity index (χ2v) is 7.70. The average Bonchev–Trinajstić information content (AvgIpc) is 3.06. The van der Waals surface area contributed by atoms with Gasteiger partial charge in [0.1, 0.15) is 10.9 Å². The molecule has 7 nitrogen and oxygen atoms in total. The number of nitrogens with one attached hydrogen (secondary N) is 2. The molecule has 0 bridgehead atoms. The third kappa shape index (κ3) is 5.41. The number of carbonyl (C=O) groups excluding carboxylic acids is 3. The molecule has 1 aromatic carbocycles. The van der Waals surface area contributed by atoms with Gasteiger partial charge in [0.05, 0.1) is 23.9 Å². The Morgan fingerprint density at radius 2 is 1.93 bits per heavy atom. The standard InChI is InChI=1S/C17H17Cl2N3O4S/c1-8(2)13(21-14(23)10-5-4-9(18)6-11(10)19)15(24)22-17-20-7-12(27-17)16(25)26-3/h4-8,13H,1-3H3,(H,21,23)(H,20,22,24).